The van der Waals surface area contributed by atoms with Crippen LogP contribution in [0.2, 0.25) is 0 Å². The van der Waals surface area contributed by atoms with Gasteiger partial charge in [0, 0.05) is 7.11 Å². The predicted octanol–water partition coefficient (Wildman–Crippen LogP) is 0.130. The first-order chi connectivity index (χ1) is 8.41. The lowest BCUT2D eigenvalue weighted by Crippen LogP contribution is -2.13. The Hall–Kier alpha value is -0.240. The third kappa shape index (κ3) is 15.8. The van der Waals surface area contributed by atoms with E-state index in [4.69, 9.17) is 23.7 Å². The molecular weight excluding hydrogens is 228 g/mol. The third-order valence-corrected chi connectivity index (χ3v) is 1.78. The van der Waals surface area contributed by atoms with E-state index in [0.717, 1.165) is 0 Å². The summed E-state index contributed by atoms with van der Waals surface area (Å²) in [5.41, 5.74) is 0. The molecule has 0 heterocycles. The van der Waals surface area contributed by atoms with Crippen LogP contribution < -0.4 is 0 Å². The lowest BCUT2D eigenvalue weighted by atomic mass is 10.7. The van der Waals surface area contributed by atoms with Crippen LogP contribution in [0.1, 0.15) is 0 Å². The van der Waals surface area contributed by atoms with Crippen LogP contribution in [-0.4, -0.2) is 73.2 Å². The van der Waals surface area contributed by atoms with Gasteiger partial charge in [0.2, 0.25) is 0 Å². The van der Waals surface area contributed by atoms with Gasteiger partial charge >= 0.3 is 0 Å². The van der Waals surface area contributed by atoms with E-state index in [1.807, 2.05) is 0 Å². The van der Waals surface area contributed by atoms with Crippen molar-refractivity contribution in [1.29, 1.82) is 0 Å². The molecule has 0 fully saturated rings. The molecule has 1 radical (unpaired) electrons. The van der Waals surface area contributed by atoms with E-state index in [2.05, 4.69) is 0 Å². The summed E-state index contributed by atoms with van der Waals surface area (Å²) in [6, 6.07) is 0. The number of ether oxygens (including phenoxy) is 5. The molecule has 0 rings (SSSR count). The molecule has 0 unspecified atom stereocenters. The standard InChI is InChI=1S/C11H23O6/c1-13-4-5-15-8-9-17-11-10-16-7-6-14-3-2-12/h2-11H2,1H3. The molecule has 0 aliphatic carbocycles. The van der Waals surface area contributed by atoms with Crippen LogP contribution in [0, 0.1) is 0 Å². The molecule has 0 aliphatic rings. The van der Waals surface area contributed by atoms with Gasteiger partial charge in [-0.05, 0) is 0 Å². The quantitative estimate of drug-likeness (QED) is 0.411. The lowest BCUT2D eigenvalue weighted by Gasteiger charge is -2.06. The van der Waals surface area contributed by atoms with Crippen LogP contribution in [0.15, 0.2) is 0 Å². The molecule has 0 aliphatic heterocycles. The maximum absolute atomic E-state index is 10.0. The van der Waals surface area contributed by atoms with Crippen LogP contribution in [0.25, 0.3) is 0 Å². The highest BCUT2D eigenvalue weighted by atomic mass is 16.6. The molecule has 0 aromatic carbocycles. The molecule has 0 bridgehead atoms. The molecule has 0 saturated carbocycles. The molecule has 0 atom stereocenters. The van der Waals surface area contributed by atoms with Crippen molar-refractivity contribution in [2.75, 3.05) is 73.2 Å². The number of hydrogen-bond acceptors (Lipinski definition) is 5. The second-order valence-electron chi connectivity index (χ2n) is 3.15. The maximum Gasteiger partial charge on any atom is 0.106 e. The summed E-state index contributed by atoms with van der Waals surface area (Å²) in [7, 11) is 1.64. The molecule has 0 aromatic rings. The van der Waals surface area contributed by atoms with Gasteiger partial charge in [-0.1, -0.05) is 0 Å². The molecule has 6 heteroatoms. The Labute approximate surface area is 103 Å². The Bertz CT molecular complexity index is 119. The first-order valence-electron chi connectivity index (χ1n) is 5.79. The van der Waals surface area contributed by atoms with Gasteiger partial charge in [0.1, 0.15) is 6.61 Å². The average molecular weight is 251 g/mol. The van der Waals surface area contributed by atoms with E-state index < -0.39 is 0 Å². The van der Waals surface area contributed by atoms with Gasteiger partial charge in [0.15, 0.2) is 0 Å². The lowest BCUT2D eigenvalue weighted by molar-refractivity contribution is -0.0132. The molecule has 103 valence electrons. The van der Waals surface area contributed by atoms with Crippen LogP contribution in [-0.2, 0) is 28.8 Å². The van der Waals surface area contributed by atoms with Gasteiger partial charge in [0.05, 0.1) is 59.5 Å². The maximum atomic E-state index is 10.0. The zero-order valence-electron chi connectivity index (χ0n) is 10.5. The van der Waals surface area contributed by atoms with E-state index in [0.29, 0.717) is 52.9 Å². The highest BCUT2D eigenvalue weighted by molar-refractivity contribution is 4.35. The van der Waals surface area contributed by atoms with E-state index in [1.54, 1.807) is 7.11 Å². The fraction of sp³-hybridized carbons (Fsp3) is 1.00. The van der Waals surface area contributed by atoms with Crippen molar-refractivity contribution in [3.63, 3.8) is 0 Å². The molecule has 17 heavy (non-hydrogen) atoms. The molecule has 0 N–H and O–H groups in total. The van der Waals surface area contributed by atoms with Crippen molar-refractivity contribution in [2.24, 2.45) is 0 Å². The molecule has 0 spiro atoms. The zero-order chi connectivity index (χ0) is 12.6. The SMILES string of the molecule is COCCOCCOCCOCCOCC[O]. The number of methoxy groups -OCH3 is 1. The molecule has 0 aromatic heterocycles. The first kappa shape index (κ1) is 16.8. The van der Waals surface area contributed by atoms with Crippen molar-refractivity contribution in [3.8, 4) is 0 Å². The number of rotatable bonds is 14. The van der Waals surface area contributed by atoms with Gasteiger partial charge in [-0.2, -0.15) is 0 Å². The van der Waals surface area contributed by atoms with E-state index >= 15 is 0 Å². The summed E-state index contributed by atoms with van der Waals surface area (Å²) in [5.74, 6) is 0. The van der Waals surface area contributed by atoms with Crippen LogP contribution in [0.4, 0.5) is 0 Å². The Morgan fingerprint density at radius 2 is 0.941 bits per heavy atom. The minimum atomic E-state index is -0.202. The Kier molecular flexibility index (Phi) is 15.5. The van der Waals surface area contributed by atoms with Gasteiger partial charge in [0.25, 0.3) is 0 Å². The second-order valence-corrected chi connectivity index (χ2v) is 3.15. The summed E-state index contributed by atoms with van der Waals surface area (Å²) < 4.78 is 25.5. The fourth-order valence-electron chi connectivity index (χ4n) is 0.963. The summed E-state index contributed by atoms with van der Waals surface area (Å²) in [6.07, 6.45) is 0. The topological polar surface area (TPSA) is 66.1 Å². The van der Waals surface area contributed by atoms with Crippen molar-refractivity contribution >= 4 is 0 Å². The van der Waals surface area contributed by atoms with Crippen molar-refractivity contribution in [3.05, 3.63) is 0 Å². The zero-order valence-corrected chi connectivity index (χ0v) is 10.5. The molecule has 0 saturated heterocycles. The predicted molar refractivity (Wildman–Crippen MR) is 60.7 cm³/mol. The van der Waals surface area contributed by atoms with Gasteiger partial charge < -0.3 is 23.7 Å². The van der Waals surface area contributed by atoms with Crippen LogP contribution in [0.5, 0.6) is 0 Å². The van der Waals surface area contributed by atoms with Crippen LogP contribution in [0.3, 0.4) is 0 Å². The summed E-state index contributed by atoms with van der Waals surface area (Å²) in [5, 5.41) is 10.0. The summed E-state index contributed by atoms with van der Waals surface area (Å²) >= 11 is 0. The molecule has 6 nitrogen and oxygen atoms in total. The van der Waals surface area contributed by atoms with Crippen molar-refractivity contribution in [1.82, 2.24) is 0 Å². The number of hydrogen-bond donors (Lipinski definition) is 0. The summed E-state index contributed by atoms with van der Waals surface area (Å²) in [4.78, 5) is 0. The fourth-order valence-corrected chi connectivity index (χ4v) is 0.963. The minimum absolute atomic E-state index is 0.202. The smallest absolute Gasteiger partial charge is 0.106 e. The molecular formula is C11H23O6. The van der Waals surface area contributed by atoms with Crippen molar-refractivity contribution in [2.45, 2.75) is 0 Å². The van der Waals surface area contributed by atoms with E-state index in [-0.39, 0.29) is 13.2 Å². The highest BCUT2D eigenvalue weighted by Gasteiger charge is 1.92. The highest BCUT2D eigenvalue weighted by Crippen LogP contribution is 1.82. The van der Waals surface area contributed by atoms with Crippen LogP contribution >= 0.6 is 0 Å². The monoisotopic (exact) mass is 251 g/mol. The first-order valence-corrected chi connectivity index (χ1v) is 5.79. The second kappa shape index (κ2) is 15.8. The van der Waals surface area contributed by atoms with Crippen molar-refractivity contribution < 1.29 is 28.8 Å². The Balaban J connectivity index is 2.85. The minimum Gasteiger partial charge on any atom is -0.382 e. The van der Waals surface area contributed by atoms with E-state index in [1.165, 1.54) is 0 Å². The van der Waals surface area contributed by atoms with Gasteiger partial charge in [-0.3, -0.25) is 0 Å². The van der Waals surface area contributed by atoms with Gasteiger partial charge in [-0.15, -0.1) is 0 Å². The summed E-state index contributed by atoms with van der Waals surface area (Å²) in [6.45, 7) is 4.38. The van der Waals surface area contributed by atoms with E-state index in [9.17, 15) is 5.11 Å². The third-order valence-electron chi connectivity index (χ3n) is 1.78. The Morgan fingerprint density at radius 1 is 0.588 bits per heavy atom. The largest absolute Gasteiger partial charge is 0.382 e. The Morgan fingerprint density at radius 3 is 1.29 bits per heavy atom. The van der Waals surface area contributed by atoms with Gasteiger partial charge in [-0.25, -0.2) is 5.11 Å². The normalized spacial score (nSPS) is 10.9. The average Bonchev–Trinajstić information content (AvgIpc) is 2.35. The molecule has 0 amide bonds.